The SMILES string of the molecule is C=Cc1nnn(S)n1. The van der Waals surface area contributed by atoms with Gasteiger partial charge < -0.3 is 0 Å². The van der Waals surface area contributed by atoms with Gasteiger partial charge in [0.25, 0.3) is 0 Å². The van der Waals surface area contributed by atoms with Crippen LogP contribution in [0.4, 0.5) is 0 Å². The lowest BCUT2D eigenvalue weighted by atomic mass is 10.6. The summed E-state index contributed by atoms with van der Waals surface area (Å²) < 4.78 is 1.08. The molecule has 0 atom stereocenters. The molecule has 0 unspecified atom stereocenters. The molecular weight excluding hydrogens is 124 g/mol. The van der Waals surface area contributed by atoms with Gasteiger partial charge in [0.05, 0.1) is 0 Å². The molecule has 0 saturated heterocycles. The molecule has 1 rings (SSSR count). The largest absolute Gasteiger partial charge is 0.198 e. The van der Waals surface area contributed by atoms with Gasteiger partial charge in [-0.3, -0.25) is 0 Å². The fourth-order valence-electron chi connectivity index (χ4n) is 0.299. The van der Waals surface area contributed by atoms with E-state index in [1.54, 1.807) is 0 Å². The first kappa shape index (κ1) is 5.30. The highest BCUT2D eigenvalue weighted by molar-refractivity contribution is 7.78. The summed E-state index contributed by atoms with van der Waals surface area (Å²) in [7, 11) is 0. The van der Waals surface area contributed by atoms with Crippen molar-refractivity contribution in [2.75, 3.05) is 0 Å². The Balaban J connectivity index is 3.00. The zero-order chi connectivity index (χ0) is 5.98. The molecule has 0 aliphatic heterocycles. The maximum absolute atomic E-state index is 3.74. The van der Waals surface area contributed by atoms with Crippen molar-refractivity contribution in [3.8, 4) is 0 Å². The molecule has 0 aromatic carbocycles. The van der Waals surface area contributed by atoms with Gasteiger partial charge in [0.15, 0.2) is 5.82 Å². The second kappa shape index (κ2) is 1.95. The molecule has 0 aliphatic carbocycles. The second-order valence-corrected chi connectivity index (χ2v) is 1.48. The van der Waals surface area contributed by atoms with Crippen molar-refractivity contribution in [3.63, 3.8) is 0 Å². The Kier molecular flexibility index (Phi) is 1.29. The van der Waals surface area contributed by atoms with Crippen molar-refractivity contribution < 1.29 is 0 Å². The van der Waals surface area contributed by atoms with E-state index in [0.29, 0.717) is 5.82 Å². The third kappa shape index (κ3) is 0.865. The van der Waals surface area contributed by atoms with Gasteiger partial charge >= 0.3 is 0 Å². The third-order valence-electron chi connectivity index (χ3n) is 0.602. The number of rotatable bonds is 1. The Labute approximate surface area is 51.7 Å². The zero-order valence-electron chi connectivity index (χ0n) is 4.02. The van der Waals surface area contributed by atoms with Gasteiger partial charge in [0, 0.05) is 0 Å². The van der Waals surface area contributed by atoms with Crippen molar-refractivity contribution in [2.45, 2.75) is 0 Å². The first-order valence-corrected chi connectivity index (χ1v) is 2.34. The minimum absolute atomic E-state index is 0.486. The van der Waals surface area contributed by atoms with Crippen LogP contribution in [-0.4, -0.2) is 19.6 Å². The molecule has 1 aromatic heterocycles. The van der Waals surface area contributed by atoms with E-state index in [1.165, 1.54) is 6.08 Å². The van der Waals surface area contributed by atoms with E-state index in [-0.39, 0.29) is 0 Å². The van der Waals surface area contributed by atoms with E-state index in [0.717, 1.165) is 4.20 Å². The molecule has 0 saturated carbocycles. The van der Waals surface area contributed by atoms with E-state index in [4.69, 9.17) is 0 Å². The van der Waals surface area contributed by atoms with Crippen LogP contribution in [0.3, 0.4) is 0 Å². The fraction of sp³-hybridized carbons (Fsp3) is 0. The zero-order valence-corrected chi connectivity index (χ0v) is 4.91. The molecule has 0 bridgehead atoms. The quantitative estimate of drug-likeness (QED) is 0.542. The highest BCUT2D eigenvalue weighted by atomic mass is 32.1. The molecule has 5 heteroatoms. The van der Waals surface area contributed by atoms with Gasteiger partial charge in [-0.2, -0.15) is 0 Å². The van der Waals surface area contributed by atoms with Crippen LogP contribution < -0.4 is 0 Å². The summed E-state index contributed by atoms with van der Waals surface area (Å²) in [6.45, 7) is 3.43. The van der Waals surface area contributed by atoms with Crippen molar-refractivity contribution in [1.29, 1.82) is 0 Å². The lowest BCUT2D eigenvalue weighted by Gasteiger charge is -1.72. The second-order valence-electron chi connectivity index (χ2n) is 1.12. The average molecular weight is 128 g/mol. The smallest absolute Gasteiger partial charge is 0.121 e. The van der Waals surface area contributed by atoms with Gasteiger partial charge in [-0.1, -0.05) is 6.58 Å². The van der Waals surface area contributed by atoms with E-state index in [9.17, 15) is 0 Å². The Morgan fingerprint density at radius 3 is 2.75 bits per heavy atom. The number of hydrogen-bond donors (Lipinski definition) is 1. The summed E-state index contributed by atoms with van der Waals surface area (Å²) in [5.41, 5.74) is 0. The molecule has 1 heterocycles. The predicted molar refractivity (Wildman–Crippen MR) is 32.3 cm³/mol. The molecule has 0 aliphatic rings. The van der Waals surface area contributed by atoms with Crippen molar-refractivity contribution in [2.24, 2.45) is 0 Å². The van der Waals surface area contributed by atoms with Crippen LogP contribution in [0, 0.1) is 0 Å². The van der Waals surface area contributed by atoms with Crippen LogP contribution >= 0.6 is 12.8 Å². The predicted octanol–water partition coefficient (Wildman–Crippen LogP) is 0.00900. The standard InChI is InChI=1S/C3H4N4S/c1-2-3-4-6-7(8)5-3/h2,8H,1H2. The summed E-state index contributed by atoms with van der Waals surface area (Å²) in [4.78, 5) is 0. The topological polar surface area (TPSA) is 43.6 Å². The van der Waals surface area contributed by atoms with E-state index in [1.807, 2.05) is 0 Å². The number of tetrazole rings is 1. The van der Waals surface area contributed by atoms with Crippen molar-refractivity contribution in [1.82, 2.24) is 19.6 Å². The maximum atomic E-state index is 3.74. The van der Waals surface area contributed by atoms with Crippen LogP contribution in [0.2, 0.25) is 0 Å². The normalized spacial score (nSPS) is 9.12. The van der Waals surface area contributed by atoms with Crippen molar-refractivity contribution in [3.05, 3.63) is 12.4 Å². The molecule has 8 heavy (non-hydrogen) atoms. The molecular formula is C3H4N4S. The van der Waals surface area contributed by atoms with Gasteiger partial charge in [0.1, 0.15) is 0 Å². The molecule has 42 valence electrons. The summed E-state index contributed by atoms with van der Waals surface area (Å²) >= 11 is 3.74. The average Bonchev–Trinajstić information content (AvgIpc) is 2.14. The van der Waals surface area contributed by atoms with E-state index < -0.39 is 0 Å². The van der Waals surface area contributed by atoms with Gasteiger partial charge in [0.2, 0.25) is 0 Å². The number of thiol groups is 1. The maximum Gasteiger partial charge on any atom is 0.198 e. The first-order chi connectivity index (χ1) is 3.83. The molecule has 0 amide bonds. The van der Waals surface area contributed by atoms with Gasteiger partial charge in [-0.15, -0.1) is 14.4 Å². The molecule has 0 fully saturated rings. The van der Waals surface area contributed by atoms with E-state index in [2.05, 4.69) is 34.8 Å². The highest BCUT2D eigenvalue weighted by Crippen LogP contribution is 1.86. The van der Waals surface area contributed by atoms with Crippen LogP contribution in [0.15, 0.2) is 6.58 Å². The fourth-order valence-corrected chi connectivity index (χ4v) is 0.431. The van der Waals surface area contributed by atoms with Gasteiger partial charge in [-0.05, 0) is 24.1 Å². The van der Waals surface area contributed by atoms with Crippen LogP contribution in [-0.2, 0) is 0 Å². The summed E-state index contributed by atoms with van der Waals surface area (Å²) in [5, 5.41) is 10.6. The Morgan fingerprint density at radius 2 is 2.50 bits per heavy atom. The lowest BCUT2D eigenvalue weighted by molar-refractivity contribution is 0.824. The monoisotopic (exact) mass is 128 g/mol. The number of hydrogen-bond acceptors (Lipinski definition) is 4. The van der Waals surface area contributed by atoms with Crippen molar-refractivity contribution >= 4 is 18.9 Å². The molecule has 0 spiro atoms. The van der Waals surface area contributed by atoms with Gasteiger partial charge in [-0.25, -0.2) is 0 Å². The minimum Gasteiger partial charge on any atom is -0.121 e. The van der Waals surface area contributed by atoms with E-state index >= 15 is 0 Å². The third-order valence-corrected chi connectivity index (χ3v) is 0.771. The highest BCUT2D eigenvalue weighted by Gasteiger charge is 1.89. The number of aromatic nitrogens is 4. The summed E-state index contributed by atoms with van der Waals surface area (Å²) in [6, 6.07) is 0. The summed E-state index contributed by atoms with van der Waals surface area (Å²) in [5.74, 6) is 0.486. The summed E-state index contributed by atoms with van der Waals surface area (Å²) in [6.07, 6.45) is 1.50. The Morgan fingerprint density at radius 1 is 1.75 bits per heavy atom. The molecule has 0 N–H and O–H groups in total. The molecule has 4 nitrogen and oxygen atoms in total. The lowest BCUT2D eigenvalue weighted by Crippen LogP contribution is -1.83. The first-order valence-electron chi connectivity index (χ1n) is 1.94. The number of nitrogens with zero attached hydrogens (tertiary/aromatic N) is 4. The Hall–Kier alpha value is -0.840. The molecule has 0 radical (unpaired) electrons. The van der Waals surface area contributed by atoms with Crippen LogP contribution in [0.5, 0.6) is 0 Å². The van der Waals surface area contributed by atoms with Crippen LogP contribution in [0.25, 0.3) is 6.08 Å². The van der Waals surface area contributed by atoms with Crippen LogP contribution in [0.1, 0.15) is 5.82 Å². The minimum atomic E-state index is 0.486. The molecule has 1 aromatic rings. The Bertz CT molecular complexity index is 193.